The quantitative estimate of drug-likeness (QED) is 0.497. The molecule has 0 radical (unpaired) electrons. The van der Waals surface area contributed by atoms with Crippen molar-refractivity contribution >= 4 is 39.8 Å². The number of anilines is 1. The van der Waals surface area contributed by atoms with Gasteiger partial charge >= 0.3 is 0 Å². The Labute approximate surface area is 156 Å². The fourth-order valence-corrected chi connectivity index (χ4v) is 4.03. The van der Waals surface area contributed by atoms with Crippen molar-refractivity contribution in [1.82, 2.24) is 9.97 Å². The first-order chi connectivity index (χ1) is 12.2. The molecule has 0 N–H and O–H groups in total. The molecule has 0 fully saturated rings. The van der Waals surface area contributed by atoms with Gasteiger partial charge in [0.15, 0.2) is 5.16 Å². The van der Waals surface area contributed by atoms with E-state index in [1.54, 1.807) is 7.11 Å². The summed E-state index contributed by atoms with van der Waals surface area (Å²) in [6.07, 6.45) is 2.83. The average Bonchev–Trinajstić information content (AvgIpc) is 2.66. The number of aromatic nitrogens is 2. The van der Waals surface area contributed by atoms with Crippen LogP contribution in [0, 0.1) is 0 Å². The van der Waals surface area contributed by atoms with Crippen LogP contribution in [0.25, 0.3) is 10.8 Å². The maximum absolute atomic E-state index is 6.50. The van der Waals surface area contributed by atoms with Crippen LogP contribution in [0.5, 0.6) is 5.88 Å². The molecule has 0 atom stereocenters. The number of benzene rings is 2. The van der Waals surface area contributed by atoms with Crippen LogP contribution in [-0.4, -0.2) is 29.9 Å². The normalized spacial score (nSPS) is 13.8. The van der Waals surface area contributed by atoms with Gasteiger partial charge in [-0.05, 0) is 30.2 Å². The van der Waals surface area contributed by atoms with Gasteiger partial charge in [-0.15, -0.1) is 0 Å². The molecule has 0 amide bonds. The van der Waals surface area contributed by atoms with Gasteiger partial charge in [0, 0.05) is 23.2 Å². The molecule has 6 heteroatoms. The first-order valence-electron chi connectivity index (χ1n) is 8.11. The highest BCUT2D eigenvalue weighted by atomic mass is 35.5. The standard InChI is InChI=1S/C19H18ClN3OS/c1-24-18-13-9-10-23(11-15(13)21-19(22-18)25-2)16-8-4-6-12-5-3-7-14(20)17(12)16/h3-8H,9-11H2,1-2H3. The zero-order valence-corrected chi connectivity index (χ0v) is 15.7. The van der Waals surface area contributed by atoms with E-state index in [2.05, 4.69) is 34.1 Å². The molecule has 128 valence electrons. The molecule has 4 rings (SSSR count). The summed E-state index contributed by atoms with van der Waals surface area (Å²) in [5.41, 5.74) is 3.30. The Hall–Kier alpha value is -1.98. The van der Waals surface area contributed by atoms with E-state index in [1.807, 2.05) is 18.4 Å². The second-order valence-electron chi connectivity index (χ2n) is 5.93. The van der Waals surface area contributed by atoms with Crippen LogP contribution in [0.2, 0.25) is 5.02 Å². The van der Waals surface area contributed by atoms with E-state index in [9.17, 15) is 0 Å². The Kier molecular flexibility index (Phi) is 4.44. The number of hydrogen-bond donors (Lipinski definition) is 0. The molecular formula is C19H18ClN3OS. The lowest BCUT2D eigenvalue weighted by Crippen LogP contribution is -2.32. The first-order valence-corrected chi connectivity index (χ1v) is 9.71. The summed E-state index contributed by atoms with van der Waals surface area (Å²) in [5, 5.41) is 3.78. The third-order valence-corrected chi connectivity index (χ3v) is 5.42. The summed E-state index contributed by atoms with van der Waals surface area (Å²) in [6, 6.07) is 12.3. The van der Waals surface area contributed by atoms with Crippen LogP contribution < -0.4 is 9.64 Å². The van der Waals surface area contributed by atoms with Crippen LogP contribution in [-0.2, 0) is 13.0 Å². The van der Waals surface area contributed by atoms with Crippen molar-refractivity contribution in [3.8, 4) is 5.88 Å². The van der Waals surface area contributed by atoms with Crippen molar-refractivity contribution in [1.29, 1.82) is 0 Å². The highest BCUT2D eigenvalue weighted by Crippen LogP contribution is 2.36. The number of fused-ring (bicyclic) bond motifs is 2. The van der Waals surface area contributed by atoms with Gasteiger partial charge in [0.2, 0.25) is 5.88 Å². The summed E-state index contributed by atoms with van der Waals surface area (Å²) in [6.45, 7) is 1.61. The van der Waals surface area contributed by atoms with Crippen molar-refractivity contribution in [2.24, 2.45) is 0 Å². The van der Waals surface area contributed by atoms with Gasteiger partial charge in [-0.2, -0.15) is 4.98 Å². The Morgan fingerprint density at radius 3 is 2.72 bits per heavy atom. The van der Waals surface area contributed by atoms with Crippen molar-refractivity contribution < 1.29 is 4.74 Å². The zero-order chi connectivity index (χ0) is 17.4. The number of ether oxygens (including phenoxy) is 1. The van der Waals surface area contributed by atoms with E-state index in [4.69, 9.17) is 21.3 Å². The molecular weight excluding hydrogens is 354 g/mol. The highest BCUT2D eigenvalue weighted by Gasteiger charge is 2.24. The monoisotopic (exact) mass is 371 g/mol. The fourth-order valence-electron chi connectivity index (χ4n) is 3.38. The number of methoxy groups -OCH3 is 1. The lowest BCUT2D eigenvalue weighted by molar-refractivity contribution is 0.383. The van der Waals surface area contributed by atoms with Gasteiger partial charge in [0.05, 0.1) is 24.4 Å². The SMILES string of the molecule is COc1nc(SC)nc2c1CCN(c1cccc3cccc(Cl)c13)C2. The van der Waals surface area contributed by atoms with Gasteiger partial charge in [0.25, 0.3) is 0 Å². The summed E-state index contributed by atoms with van der Waals surface area (Å²) in [4.78, 5) is 11.5. The Bertz CT molecular complexity index is 942. The molecule has 0 saturated heterocycles. The molecule has 25 heavy (non-hydrogen) atoms. The third kappa shape index (κ3) is 2.92. The molecule has 1 aliphatic heterocycles. The number of thioether (sulfide) groups is 1. The smallest absolute Gasteiger partial charge is 0.220 e. The zero-order valence-electron chi connectivity index (χ0n) is 14.1. The predicted octanol–water partition coefficient (Wildman–Crippen LogP) is 4.58. The van der Waals surface area contributed by atoms with Crippen LogP contribution >= 0.6 is 23.4 Å². The highest BCUT2D eigenvalue weighted by molar-refractivity contribution is 7.98. The maximum atomic E-state index is 6.50. The molecule has 0 unspecified atom stereocenters. The second kappa shape index (κ2) is 6.73. The average molecular weight is 372 g/mol. The van der Waals surface area contributed by atoms with Gasteiger partial charge in [-0.1, -0.05) is 47.6 Å². The summed E-state index contributed by atoms with van der Waals surface area (Å²) in [5.74, 6) is 0.699. The van der Waals surface area contributed by atoms with E-state index in [0.717, 1.165) is 57.4 Å². The van der Waals surface area contributed by atoms with Crippen LogP contribution in [0.15, 0.2) is 41.6 Å². The lowest BCUT2D eigenvalue weighted by atomic mass is 10.0. The minimum absolute atomic E-state index is 0.699. The molecule has 1 aromatic heterocycles. The first kappa shape index (κ1) is 16.5. The van der Waals surface area contributed by atoms with Crippen molar-refractivity contribution in [2.75, 3.05) is 24.8 Å². The number of nitrogens with zero attached hydrogens (tertiary/aromatic N) is 3. The minimum Gasteiger partial charge on any atom is -0.481 e. The molecule has 0 bridgehead atoms. The number of halogens is 1. The van der Waals surface area contributed by atoms with Gasteiger partial charge < -0.3 is 9.64 Å². The number of hydrogen-bond acceptors (Lipinski definition) is 5. The van der Waals surface area contributed by atoms with E-state index in [1.165, 1.54) is 11.8 Å². The van der Waals surface area contributed by atoms with E-state index in [0.29, 0.717) is 5.88 Å². The largest absolute Gasteiger partial charge is 0.481 e. The molecule has 3 aromatic rings. The predicted molar refractivity (Wildman–Crippen MR) is 104 cm³/mol. The van der Waals surface area contributed by atoms with E-state index < -0.39 is 0 Å². The van der Waals surface area contributed by atoms with E-state index >= 15 is 0 Å². The van der Waals surface area contributed by atoms with Crippen molar-refractivity contribution in [3.05, 3.63) is 52.7 Å². The Morgan fingerprint density at radius 1 is 1.16 bits per heavy atom. The van der Waals surface area contributed by atoms with Crippen LogP contribution in [0.1, 0.15) is 11.3 Å². The molecule has 4 nitrogen and oxygen atoms in total. The van der Waals surface area contributed by atoms with Gasteiger partial charge in [-0.25, -0.2) is 4.98 Å². The topological polar surface area (TPSA) is 38.3 Å². The molecule has 2 aromatic carbocycles. The number of rotatable bonds is 3. The summed E-state index contributed by atoms with van der Waals surface area (Å²) >= 11 is 8.03. The van der Waals surface area contributed by atoms with Gasteiger partial charge in [-0.3, -0.25) is 0 Å². The van der Waals surface area contributed by atoms with Crippen LogP contribution in [0.4, 0.5) is 5.69 Å². The third-order valence-electron chi connectivity index (χ3n) is 4.56. The van der Waals surface area contributed by atoms with E-state index in [-0.39, 0.29) is 0 Å². The second-order valence-corrected chi connectivity index (χ2v) is 7.11. The molecule has 0 saturated carbocycles. The minimum atomic E-state index is 0.699. The van der Waals surface area contributed by atoms with Crippen LogP contribution in [0.3, 0.4) is 0 Å². The fraction of sp³-hybridized carbons (Fsp3) is 0.263. The molecule has 2 heterocycles. The summed E-state index contributed by atoms with van der Waals surface area (Å²) < 4.78 is 5.48. The van der Waals surface area contributed by atoms with Crippen molar-refractivity contribution in [3.63, 3.8) is 0 Å². The summed E-state index contributed by atoms with van der Waals surface area (Å²) in [7, 11) is 1.67. The van der Waals surface area contributed by atoms with Crippen molar-refractivity contribution in [2.45, 2.75) is 18.1 Å². The lowest BCUT2D eigenvalue weighted by Gasteiger charge is -2.31. The molecule has 0 aliphatic carbocycles. The molecule has 0 spiro atoms. The Morgan fingerprint density at radius 2 is 1.96 bits per heavy atom. The van der Waals surface area contributed by atoms with Gasteiger partial charge in [0.1, 0.15) is 0 Å². The molecule has 1 aliphatic rings. The Balaban J connectivity index is 1.79. The maximum Gasteiger partial charge on any atom is 0.220 e.